The van der Waals surface area contributed by atoms with E-state index in [1.54, 1.807) is 0 Å². The molecule has 72 valence electrons. The molecule has 1 fully saturated rings. The second-order valence-electron chi connectivity index (χ2n) is 3.63. The van der Waals surface area contributed by atoms with E-state index in [0.717, 1.165) is 25.7 Å². The fourth-order valence-electron chi connectivity index (χ4n) is 1.81. The SMILES string of the molecule is CCCCC1CC[C@@H]1C(F)(F)F. The van der Waals surface area contributed by atoms with Crippen LogP contribution >= 0.6 is 0 Å². The minimum absolute atomic E-state index is 0.0649. The summed E-state index contributed by atoms with van der Waals surface area (Å²) in [4.78, 5) is 0. The first-order valence-corrected chi connectivity index (χ1v) is 4.62. The van der Waals surface area contributed by atoms with E-state index in [1.807, 2.05) is 6.92 Å². The maximum atomic E-state index is 12.2. The molecule has 0 spiro atoms. The fraction of sp³-hybridized carbons (Fsp3) is 1.00. The molecule has 0 N–H and O–H groups in total. The number of unbranched alkanes of at least 4 members (excludes halogenated alkanes) is 1. The molecule has 1 unspecified atom stereocenters. The van der Waals surface area contributed by atoms with E-state index in [0.29, 0.717) is 6.42 Å². The summed E-state index contributed by atoms with van der Waals surface area (Å²) in [5, 5.41) is 0. The highest BCUT2D eigenvalue weighted by atomic mass is 19.4. The van der Waals surface area contributed by atoms with Gasteiger partial charge in [0.05, 0.1) is 5.92 Å². The Labute approximate surface area is 71.1 Å². The minimum Gasteiger partial charge on any atom is -0.171 e. The molecule has 1 saturated carbocycles. The predicted molar refractivity (Wildman–Crippen MR) is 41.8 cm³/mol. The third-order valence-corrected chi connectivity index (χ3v) is 2.77. The molecule has 3 heteroatoms. The van der Waals surface area contributed by atoms with Crippen molar-refractivity contribution in [1.29, 1.82) is 0 Å². The molecule has 0 aromatic carbocycles. The van der Waals surface area contributed by atoms with Crippen molar-refractivity contribution in [1.82, 2.24) is 0 Å². The average Bonchev–Trinajstić information content (AvgIpc) is 1.82. The average molecular weight is 180 g/mol. The lowest BCUT2D eigenvalue weighted by Crippen LogP contribution is -2.38. The van der Waals surface area contributed by atoms with Gasteiger partial charge in [0.1, 0.15) is 0 Å². The molecule has 0 aromatic heterocycles. The van der Waals surface area contributed by atoms with Crippen molar-refractivity contribution in [3.05, 3.63) is 0 Å². The Hall–Kier alpha value is -0.210. The lowest BCUT2D eigenvalue weighted by atomic mass is 9.71. The molecule has 0 bridgehead atoms. The zero-order valence-corrected chi connectivity index (χ0v) is 7.32. The molecule has 1 rings (SSSR count). The van der Waals surface area contributed by atoms with Gasteiger partial charge in [0, 0.05) is 0 Å². The summed E-state index contributed by atoms with van der Waals surface area (Å²) in [5.74, 6) is -1.05. The molecular formula is C9H15F3. The Morgan fingerprint density at radius 1 is 1.25 bits per heavy atom. The van der Waals surface area contributed by atoms with Crippen LogP contribution in [0.3, 0.4) is 0 Å². The van der Waals surface area contributed by atoms with Crippen LogP contribution in [0.15, 0.2) is 0 Å². The monoisotopic (exact) mass is 180 g/mol. The van der Waals surface area contributed by atoms with Gasteiger partial charge in [0.25, 0.3) is 0 Å². The maximum absolute atomic E-state index is 12.2. The summed E-state index contributed by atoms with van der Waals surface area (Å²) in [6, 6.07) is 0. The van der Waals surface area contributed by atoms with E-state index in [1.165, 1.54) is 0 Å². The van der Waals surface area contributed by atoms with Crippen LogP contribution in [0.4, 0.5) is 13.2 Å². The Bertz CT molecular complexity index is 139. The van der Waals surface area contributed by atoms with Crippen LogP contribution in [0.1, 0.15) is 39.0 Å². The van der Waals surface area contributed by atoms with Gasteiger partial charge in [-0.05, 0) is 25.2 Å². The van der Waals surface area contributed by atoms with E-state index in [4.69, 9.17) is 0 Å². The first kappa shape index (κ1) is 9.87. The van der Waals surface area contributed by atoms with Gasteiger partial charge in [0.15, 0.2) is 0 Å². The number of halogens is 3. The van der Waals surface area contributed by atoms with Crippen LogP contribution in [-0.4, -0.2) is 6.18 Å². The van der Waals surface area contributed by atoms with Gasteiger partial charge in [-0.15, -0.1) is 0 Å². The number of hydrogen-bond acceptors (Lipinski definition) is 0. The summed E-state index contributed by atoms with van der Waals surface area (Å²) in [6.45, 7) is 2.02. The standard InChI is InChI=1S/C9H15F3/c1-2-3-4-7-5-6-8(7)9(10,11)12/h7-8H,2-6H2,1H3/t7?,8-/m0/s1. The van der Waals surface area contributed by atoms with E-state index < -0.39 is 12.1 Å². The lowest BCUT2D eigenvalue weighted by Gasteiger charge is -2.37. The molecule has 0 heterocycles. The first-order chi connectivity index (χ1) is 5.55. The van der Waals surface area contributed by atoms with Gasteiger partial charge in [-0.3, -0.25) is 0 Å². The summed E-state index contributed by atoms with van der Waals surface area (Å²) >= 11 is 0. The molecule has 1 aliphatic rings. The van der Waals surface area contributed by atoms with Gasteiger partial charge in [0.2, 0.25) is 0 Å². The van der Waals surface area contributed by atoms with E-state index in [2.05, 4.69) is 0 Å². The quantitative estimate of drug-likeness (QED) is 0.620. The van der Waals surface area contributed by atoms with Crippen molar-refractivity contribution in [2.75, 3.05) is 0 Å². The Morgan fingerprint density at radius 3 is 2.25 bits per heavy atom. The van der Waals surface area contributed by atoms with Gasteiger partial charge >= 0.3 is 6.18 Å². The maximum Gasteiger partial charge on any atom is 0.392 e. The number of alkyl halides is 3. The highest BCUT2D eigenvalue weighted by Crippen LogP contribution is 2.47. The molecule has 0 aliphatic heterocycles. The van der Waals surface area contributed by atoms with Crippen molar-refractivity contribution >= 4 is 0 Å². The smallest absolute Gasteiger partial charge is 0.171 e. The molecule has 0 aromatic rings. The van der Waals surface area contributed by atoms with Gasteiger partial charge < -0.3 is 0 Å². The zero-order valence-electron chi connectivity index (χ0n) is 7.32. The Morgan fingerprint density at radius 2 is 1.92 bits per heavy atom. The molecule has 0 nitrogen and oxygen atoms in total. The van der Waals surface area contributed by atoms with Crippen molar-refractivity contribution in [3.8, 4) is 0 Å². The molecule has 0 saturated heterocycles. The second kappa shape index (κ2) is 3.67. The van der Waals surface area contributed by atoms with Gasteiger partial charge in [-0.25, -0.2) is 0 Å². The van der Waals surface area contributed by atoms with Crippen molar-refractivity contribution in [3.63, 3.8) is 0 Å². The van der Waals surface area contributed by atoms with Gasteiger partial charge in [-0.2, -0.15) is 13.2 Å². The van der Waals surface area contributed by atoms with Crippen molar-refractivity contribution in [2.45, 2.75) is 45.2 Å². The van der Waals surface area contributed by atoms with Gasteiger partial charge in [-0.1, -0.05) is 19.8 Å². The van der Waals surface area contributed by atoms with Crippen LogP contribution in [0, 0.1) is 11.8 Å². The third kappa shape index (κ3) is 2.14. The van der Waals surface area contributed by atoms with Crippen LogP contribution < -0.4 is 0 Å². The molecular weight excluding hydrogens is 165 g/mol. The molecule has 0 radical (unpaired) electrons. The molecule has 0 amide bonds. The molecule has 1 aliphatic carbocycles. The highest BCUT2D eigenvalue weighted by Gasteiger charge is 2.48. The normalized spacial score (nSPS) is 30.0. The zero-order chi connectivity index (χ0) is 9.19. The molecule has 2 atom stereocenters. The largest absolute Gasteiger partial charge is 0.392 e. The van der Waals surface area contributed by atoms with Crippen LogP contribution in [0.25, 0.3) is 0 Å². The van der Waals surface area contributed by atoms with Crippen LogP contribution in [-0.2, 0) is 0 Å². The number of rotatable bonds is 3. The predicted octanol–water partition coefficient (Wildman–Crippen LogP) is 3.77. The third-order valence-electron chi connectivity index (χ3n) is 2.77. The van der Waals surface area contributed by atoms with Crippen molar-refractivity contribution in [2.24, 2.45) is 11.8 Å². The Kier molecular flexibility index (Phi) is 3.02. The van der Waals surface area contributed by atoms with Crippen LogP contribution in [0.5, 0.6) is 0 Å². The topological polar surface area (TPSA) is 0 Å². The van der Waals surface area contributed by atoms with Crippen molar-refractivity contribution < 1.29 is 13.2 Å². The summed E-state index contributed by atoms with van der Waals surface area (Å²) < 4.78 is 36.5. The van der Waals surface area contributed by atoms with E-state index in [-0.39, 0.29) is 5.92 Å². The summed E-state index contributed by atoms with van der Waals surface area (Å²) in [5.41, 5.74) is 0. The van der Waals surface area contributed by atoms with Crippen LogP contribution in [0.2, 0.25) is 0 Å². The molecule has 12 heavy (non-hydrogen) atoms. The second-order valence-corrected chi connectivity index (χ2v) is 3.63. The first-order valence-electron chi connectivity index (χ1n) is 4.62. The van der Waals surface area contributed by atoms with E-state index in [9.17, 15) is 13.2 Å². The number of hydrogen-bond donors (Lipinski definition) is 0. The van der Waals surface area contributed by atoms with E-state index >= 15 is 0 Å². The Balaban J connectivity index is 2.29. The minimum atomic E-state index is -3.93. The fourth-order valence-corrected chi connectivity index (χ4v) is 1.81. The lowest BCUT2D eigenvalue weighted by molar-refractivity contribution is -0.213. The summed E-state index contributed by atoms with van der Waals surface area (Å²) in [6.07, 6.45) is -0.0856. The summed E-state index contributed by atoms with van der Waals surface area (Å²) in [7, 11) is 0. The highest BCUT2D eigenvalue weighted by molar-refractivity contribution is 4.85.